The minimum atomic E-state index is -1.11. The van der Waals surface area contributed by atoms with Crippen LogP contribution in [0.1, 0.15) is 92.9 Å². The lowest BCUT2D eigenvalue weighted by Gasteiger charge is -2.72. The molecule has 0 saturated heterocycles. The summed E-state index contributed by atoms with van der Waals surface area (Å²) in [7, 11) is 0. The molecule has 36 heavy (non-hydrogen) atoms. The van der Waals surface area contributed by atoms with Crippen molar-refractivity contribution in [2.45, 2.75) is 111 Å². The summed E-state index contributed by atoms with van der Waals surface area (Å²) in [4.78, 5) is 12.8. The minimum absolute atomic E-state index is 0.00712. The summed E-state index contributed by atoms with van der Waals surface area (Å²) in [6.07, 6.45) is 6.26. The molecule has 12 atom stereocenters. The summed E-state index contributed by atoms with van der Waals surface area (Å²) in [6.45, 7) is 12.5. The summed E-state index contributed by atoms with van der Waals surface area (Å²) < 4.78 is 0. The fraction of sp³-hybridized carbons (Fsp3) is 0.900. The first-order chi connectivity index (χ1) is 16.6. The lowest BCUT2D eigenvalue weighted by Crippen LogP contribution is -2.70. The largest absolute Gasteiger partial charge is 0.481 e. The summed E-state index contributed by atoms with van der Waals surface area (Å²) in [5.74, 6) is -1.21. The number of hydrogen-bond donors (Lipinski definition) is 5. The number of hydrogen-bond acceptors (Lipinski definition) is 5. The van der Waals surface area contributed by atoms with E-state index in [4.69, 9.17) is 0 Å². The second-order valence-corrected chi connectivity index (χ2v) is 14.7. The fourth-order valence-corrected chi connectivity index (χ4v) is 11.0. The molecule has 2 unspecified atom stereocenters. The molecule has 0 heterocycles. The summed E-state index contributed by atoms with van der Waals surface area (Å²) in [6, 6.07) is 0. The van der Waals surface area contributed by atoms with Crippen LogP contribution in [0.15, 0.2) is 11.6 Å². The smallest absolute Gasteiger partial charge is 0.310 e. The predicted octanol–water partition coefficient (Wildman–Crippen LogP) is 4.15. The van der Waals surface area contributed by atoms with Gasteiger partial charge in [-0.2, -0.15) is 0 Å². The van der Waals surface area contributed by atoms with E-state index in [0.29, 0.717) is 32.1 Å². The number of carbonyl (C=O) groups is 1. The molecule has 5 rings (SSSR count). The Hall–Kier alpha value is -0.950. The fourth-order valence-electron chi connectivity index (χ4n) is 11.0. The van der Waals surface area contributed by atoms with Gasteiger partial charge in [-0.1, -0.05) is 46.3 Å². The van der Waals surface area contributed by atoms with E-state index >= 15 is 0 Å². The van der Waals surface area contributed by atoms with Gasteiger partial charge in [0, 0.05) is 17.3 Å². The normalized spacial score (nSPS) is 58.6. The summed E-state index contributed by atoms with van der Waals surface area (Å²) >= 11 is 0. The van der Waals surface area contributed by atoms with E-state index in [1.807, 2.05) is 20.8 Å². The van der Waals surface area contributed by atoms with Crippen LogP contribution >= 0.6 is 0 Å². The Labute approximate surface area is 216 Å². The van der Waals surface area contributed by atoms with Crippen molar-refractivity contribution in [3.05, 3.63) is 11.6 Å². The zero-order valence-electron chi connectivity index (χ0n) is 23.0. The van der Waals surface area contributed by atoms with E-state index in [9.17, 15) is 30.3 Å². The Bertz CT molecular complexity index is 974. The molecule has 0 aliphatic heterocycles. The Kier molecular flexibility index (Phi) is 5.77. The van der Waals surface area contributed by atoms with E-state index in [1.54, 1.807) is 0 Å². The molecule has 4 fully saturated rings. The van der Waals surface area contributed by atoms with E-state index in [1.165, 1.54) is 0 Å². The van der Waals surface area contributed by atoms with Gasteiger partial charge in [-0.3, -0.25) is 4.79 Å². The molecule has 4 saturated carbocycles. The van der Waals surface area contributed by atoms with Crippen molar-refractivity contribution in [2.75, 3.05) is 6.61 Å². The van der Waals surface area contributed by atoms with E-state index < -0.39 is 40.5 Å². The maximum absolute atomic E-state index is 12.8. The molecule has 0 aromatic carbocycles. The number of aliphatic hydroxyl groups is 4. The monoisotopic (exact) mass is 504 g/mol. The third kappa shape index (κ3) is 2.91. The Morgan fingerprint density at radius 1 is 1.03 bits per heavy atom. The van der Waals surface area contributed by atoms with Crippen LogP contribution in [0.2, 0.25) is 0 Å². The molecular weight excluding hydrogens is 456 g/mol. The molecule has 6 heteroatoms. The van der Waals surface area contributed by atoms with E-state index in [2.05, 4.69) is 26.8 Å². The molecule has 5 N–H and O–H groups in total. The summed E-state index contributed by atoms with van der Waals surface area (Å²) in [5.41, 5.74) is -2.62. The quantitative estimate of drug-likeness (QED) is 0.361. The first kappa shape index (κ1) is 26.6. The number of carboxylic acid groups (broad SMARTS) is 1. The zero-order valence-corrected chi connectivity index (χ0v) is 23.0. The number of fused-ring (bicyclic) bond motifs is 7. The van der Waals surface area contributed by atoms with Gasteiger partial charge in [0.25, 0.3) is 0 Å². The predicted molar refractivity (Wildman–Crippen MR) is 137 cm³/mol. The van der Waals surface area contributed by atoms with E-state index in [0.717, 1.165) is 24.8 Å². The van der Waals surface area contributed by atoms with Crippen LogP contribution in [0, 0.1) is 50.7 Å². The van der Waals surface area contributed by atoms with Crippen LogP contribution in [0.4, 0.5) is 0 Å². The van der Waals surface area contributed by atoms with Crippen molar-refractivity contribution in [1.82, 2.24) is 0 Å². The summed E-state index contributed by atoms with van der Waals surface area (Å²) in [5, 5.41) is 55.6. The van der Waals surface area contributed by atoms with Crippen LogP contribution in [-0.2, 0) is 4.79 Å². The zero-order chi connectivity index (χ0) is 26.7. The number of carboxylic acids is 1. The molecular formula is C30H48O6. The van der Waals surface area contributed by atoms with Gasteiger partial charge in [0.05, 0.1) is 29.8 Å². The Morgan fingerprint density at radius 3 is 2.31 bits per heavy atom. The Balaban J connectivity index is 1.66. The second-order valence-electron chi connectivity index (χ2n) is 14.7. The van der Waals surface area contributed by atoms with Gasteiger partial charge in [-0.15, -0.1) is 0 Å². The maximum atomic E-state index is 12.8. The van der Waals surface area contributed by atoms with Crippen molar-refractivity contribution >= 4 is 5.97 Å². The molecule has 0 spiro atoms. The molecule has 0 amide bonds. The van der Waals surface area contributed by atoms with Gasteiger partial charge in [-0.05, 0) is 86.4 Å². The molecule has 0 aromatic heterocycles. The molecule has 0 radical (unpaired) electrons. The topological polar surface area (TPSA) is 118 Å². The van der Waals surface area contributed by atoms with Gasteiger partial charge in [-0.25, -0.2) is 0 Å². The first-order valence-corrected chi connectivity index (χ1v) is 14.2. The van der Waals surface area contributed by atoms with Gasteiger partial charge in [0.2, 0.25) is 0 Å². The van der Waals surface area contributed by atoms with Crippen LogP contribution < -0.4 is 0 Å². The van der Waals surface area contributed by atoms with Crippen LogP contribution in [0.25, 0.3) is 0 Å². The van der Waals surface area contributed by atoms with Crippen LogP contribution in [0.3, 0.4) is 0 Å². The molecule has 6 nitrogen and oxygen atoms in total. The lowest BCUT2D eigenvalue weighted by atomic mass is 9.32. The minimum Gasteiger partial charge on any atom is -0.481 e. The molecule has 5 aliphatic carbocycles. The van der Waals surface area contributed by atoms with Crippen molar-refractivity contribution in [2.24, 2.45) is 50.7 Å². The SMILES string of the molecule is C[C@@H]1CC[C@]2(C(=O)O)CC[C@]3(C)C(=CC[C@@H]4[C@@]5(C)CC[C@H](O)C(C)(CO)C5[C@@H](O)C[C@]43C)[C@@H]2[C@]1(C)O. The highest BCUT2D eigenvalue weighted by molar-refractivity contribution is 5.77. The number of allylic oxidation sites excluding steroid dienone is 1. The average molecular weight is 505 g/mol. The number of aliphatic hydroxyl groups excluding tert-OH is 3. The lowest BCUT2D eigenvalue weighted by molar-refractivity contribution is -0.255. The number of rotatable bonds is 2. The van der Waals surface area contributed by atoms with E-state index in [-0.39, 0.29) is 40.6 Å². The van der Waals surface area contributed by atoms with Crippen molar-refractivity contribution < 1.29 is 30.3 Å². The standard InChI is InChI=1S/C30H48O6/c1-17-9-12-30(24(34)35)14-13-27(4)18(22(30)29(17,6)36)7-8-20-25(2)11-10-21(33)26(3,16-31)23(25)19(32)15-28(20,27)5/h7,17,19-23,31-33,36H,8-16H2,1-6H3,(H,34,35)/t17-,19+,20-,21+,22-,23?,25-,26?,27-,28-,29-,30+/m1/s1. The van der Waals surface area contributed by atoms with Crippen LogP contribution in [-0.4, -0.2) is 55.9 Å². The highest BCUT2D eigenvalue weighted by Crippen LogP contribution is 2.76. The molecule has 0 bridgehead atoms. The third-order valence-electron chi connectivity index (χ3n) is 13.5. The van der Waals surface area contributed by atoms with Gasteiger partial charge < -0.3 is 25.5 Å². The highest BCUT2D eigenvalue weighted by atomic mass is 16.4. The third-order valence-corrected chi connectivity index (χ3v) is 13.5. The van der Waals surface area contributed by atoms with Gasteiger partial charge in [0.15, 0.2) is 0 Å². The van der Waals surface area contributed by atoms with Crippen LogP contribution in [0.5, 0.6) is 0 Å². The molecule has 0 aromatic rings. The van der Waals surface area contributed by atoms with Crippen molar-refractivity contribution in [3.8, 4) is 0 Å². The molecule has 204 valence electrons. The molecule has 5 aliphatic rings. The van der Waals surface area contributed by atoms with Gasteiger partial charge in [0.1, 0.15) is 0 Å². The van der Waals surface area contributed by atoms with Gasteiger partial charge >= 0.3 is 5.97 Å². The maximum Gasteiger partial charge on any atom is 0.310 e. The highest BCUT2D eigenvalue weighted by Gasteiger charge is 2.73. The first-order valence-electron chi connectivity index (χ1n) is 14.2. The van der Waals surface area contributed by atoms with Crippen molar-refractivity contribution in [1.29, 1.82) is 0 Å². The number of aliphatic carboxylic acids is 1. The van der Waals surface area contributed by atoms with Crippen molar-refractivity contribution in [3.63, 3.8) is 0 Å². The Morgan fingerprint density at radius 2 is 1.69 bits per heavy atom. The average Bonchev–Trinajstić information content (AvgIpc) is 2.79. The second kappa shape index (κ2) is 7.80.